The van der Waals surface area contributed by atoms with E-state index in [0.717, 1.165) is 31.4 Å². The van der Waals surface area contributed by atoms with E-state index in [0.29, 0.717) is 5.82 Å². The van der Waals surface area contributed by atoms with Gasteiger partial charge in [-0.05, 0) is 25.7 Å². The summed E-state index contributed by atoms with van der Waals surface area (Å²) in [6, 6.07) is 1.23. The van der Waals surface area contributed by atoms with E-state index in [1.807, 2.05) is 6.92 Å². The first-order chi connectivity index (χ1) is 8.66. The van der Waals surface area contributed by atoms with Crippen LogP contribution in [-0.4, -0.2) is 27.1 Å². The number of hydrogen-bond donors (Lipinski definition) is 2. The van der Waals surface area contributed by atoms with Crippen LogP contribution in [0.1, 0.15) is 37.8 Å². The third-order valence-corrected chi connectivity index (χ3v) is 3.49. The minimum Gasteiger partial charge on any atom is -0.480 e. The summed E-state index contributed by atoms with van der Waals surface area (Å²) >= 11 is 0. The van der Waals surface area contributed by atoms with Gasteiger partial charge in [0.05, 0.1) is 0 Å². The van der Waals surface area contributed by atoms with Crippen molar-refractivity contribution in [2.75, 3.05) is 5.32 Å². The number of carboxylic acid groups (broad SMARTS) is 1. The molecule has 1 aromatic heterocycles. The summed E-state index contributed by atoms with van der Waals surface area (Å²) < 4.78 is 0. The lowest BCUT2D eigenvalue weighted by Crippen LogP contribution is -2.38. The Morgan fingerprint density at radius 2 is 2.11 bits per heavy atom. The molecule has 1 atom stereocenters. The lowest BCUT2D eigenvalue weighted by molar-refractivity contribution is -0.139. The maximum atomic E-state index is 11.4. The van der Waals surface area contributed by atoms with Crippen LogP contribution in [0.25, 0.3) is 0 Å². The van der Waals surface area contributed by atoms with Gasteiger partial charge in [0, 0.05) is 11.8 Å². The van der Waals surface area contributed by atoms with Gasteiger partial charge in [0.2, 0.25) is 0 Å². The topological polar surface area (TPSA) is 75.1 Å². The summed E-state index contributed by atoms with van der Waals surface area (Å²) in [6.45, 7) is 1.86. The van der Waals surface area contributed by atoms with Crippen LogP contribution < -0.4 is 5.32 Å². The van der Waals surface area contributed by atoms with Crippen molar-refractivity contribution in [1.29, 1.82) is 0 Å². The highest BCUT2D eigenvalue weighted by Gasteiger charge is 2.29. The zero-order valence-electron chi connectivity index (χ0n) is 10.6. The third-order valence-electron chi connectivity index (χ3n) is 3.49. The lowest BCUT2D eigenvalue weighted by Gasteiger charge is -2.28. The number of rotatable bonds is 4. The molecule has 98 valence electrons. The largest absolute Gasteiger partial charge is 0.480 e. The van der Waals surface area contributed by atoms with E-state index in [-0.39, 0.29) is 5.92 Å². The Morgan fingerprint density at radius 3 is 2.72 bits per heavy atom. The second kappa shape index (κ2) is 5.80. The van der Waals surface area contributed by atoms with Gasteiger partial charge in [0.25, 0.3) is 0 Å². The van der Waals surface area contributed by atoms with Gasteiger partial charge < -0.3 is 10.4 Å². The monoisotopic (exact) mass is 249 g/mol. The van der Waals surface area contributed by atoms with Crippen molar-refractivity contribution in [2.24, 2.45) is 5.92 Å². The molecule has 5 heteroatoms. The fraction of sp³-hybridized carbons (Fsp3) is 0.615. The van der Waals surface area contributed by atoms with Gasteiger partial charge in [-0.15, -0.1) is 0 Å². The summed E-state index contributed by atoms with van der Waals surface area (Å²) in [5.74, 6) is 0.00478. The molecule has 0 aliphatic heterocycles. The van der Waals surface area contributed by atoms with Crippen molar-refractivity contribution in [3.63, 3.8) is 0 Å². The molecular weight excluding hydrogens is 230 g/mol. The number of aromatic nitrogens is 2. The van der Waals surface area contributed by atoms with Crippen molar-refractivity contribution in [2.45, 2.75) is 45.1 Å². The van der Waals surface area contributed by atoms with Crippen molar-refractivity contribution in [3.8, 4) is 0 Å². The van der Waals surface area contributed by atoms with E-state index in [2.05, 4.69) is 15.3 Å². The van der Waals surface area contributed by atoms with Crippen LogP contribution in [0.4, 0.5) is 5.82 Å². The van der Waals surface area contributed by atoms with Gasteiger partial charge in [-0.25, -0.2) is 14.8 Å². The Morgan fingerprint density at radius 1 is 1.39 bits per heavy atom. The average Bonchev–Trinajstić information content (AvgIpc) is 2.37. The molecule has 2 rings (SSSR count). The van der Waals surface area contributed by atoms with Crippen molar-refractivity contribution in [3.05, 3.63) is 18.1 Å². The van der Waals surface area contributed by atoms with E-state index in [1.165, 1.54) is 12.7 Å². The van der Waals surface area contributed by atoms with E-state index >= 15 is 0 Å². The second-order valence-corrected chi connectivity index (χ2v) is 4.90. The van der Waals surface area contributed by atoms with Crippen LogP contribution >= 0.6 is 0 Å². The second-order valence-electron chi connectivity index (χ2n) is 4.90. The summed E-state index contributed by atoms with van der Waals surface area (Å²) in [7, 11) is 0. The number of aryl methyl sites for hydroxylation is 1. The summed E-state index contributed by atoms with van der Waals surface area (Å²) in [4.78, 5) is 19.5. The molecule has 1 saturated carbocycles. The summed E-state index contributed by atoms with van der Waals surface area (Å²) in [6.07, 6.45) is 6.88. The first-order valence-electron chi connectivity index (χ1n) is 6.45. The highest BCUT2D eigenvalue weighted by molar-refractivity contribution is 5.77. The van der Waals surface area contributed by atoms with Crippen molar-refractivity contribution in [1.82, 2.24) is 9.97 Å². The van der Waals surface area contributed by atoms with Crippen LogP contribution in [0.2, 0.25) is 0 Å². The maximum Gasteiger partial charge on any atom is 0.326 e. The first-order valence-corrected chi connectivity index (χ1v) is 6.45. The number of aliphatic carboxylic acids is 1. The molecule has 18 heavy (non-hydrogen) atoms. The maximum absolute atomic E-state index is 11.4. The summed E-state index contributed by atoms with van der Waals surface area (Å²) in [5, 5.41) is 12.4. The van der Waals surface area contributed by atoms with Crippen molar-refractivity contribution < 1.29 is 9.90 Å². The quantitative estimate of drug-likeness (QED) is 0.855. The molecule has 1 unspecified atom stereocenters. The first kappa shape index (κ1) is 12.8. The molecule has 1 aliphatic carbocycles. The van der Waals surface area contributed by atoms with Crippen LogP contribution in [0.15, 0.2) is 12.4 Å². The molecule has 1 aliphatic rings. The van der Waals surface area contributed by atoms with Crippen LogP contribution in [0.5, 0.6) is 0 Å². The van der Waals surface area contributed by atoms with E-state index in [9.17, 15) is 9.90 Å². The molecule has 5 nitrogen and oxygen atoms in total. The molecule has 0 radical (unpaired) electrons. The standard InChI is InChI=1S/C13H19N3O2/c1-9-7-11(15-8-14-9)16-12(13(17)18)10-5-3-2-4-6-10/h7-8,10,12H,2-6H2,1H3,(H,17,18)(H,14,15,16). The van der Waals surface area contributed by atoms with Gasteiger partial charge in [0.15, 0.2) is 0 Å². The zero-order chi connectivity index (χ0) is 13.0. The molecule has 1 fully saturated rings. The smallest absolute Gasteiger partial charge is 0.326 e. The van der Waals surface area contributed by atoms with Gasteiger partial charge >= 0.3 is 5.97 Å². The lowest BCUT2D eigenvalue weighted by atomic mass is 9.84. The molecule has 1 heterocycles. The number of carbonyl (C=O) groups is 1. The number of anilines is 1. The van der Waals surface area contributed by atoms with Crippen LogP contribution in [0, 0.1) is 12.8 Å². The van der Waals surface area contributed by atoms with Crippen LogP contribution in [-0.2, 0) is 4.79 Å². The van der Waals surface area contributed by atoms with Gasteiger partial charge in [0.1, 0.15) is 18.2 Å². The zero-order valence-corrected chi connectivity index (χ0v) is 10.6. The normalized spacial score (nSPS) is 18.3. The van der Waals surface area contributed by atoms with Gasteiger partial charge in [-0.2, -0.15) is 0 Å². The van der Waals surface area contributed by atoms with Crippen LogP contribution in [0.3, 0.4) is 0 Å². The Balaban J connectivity index is 2.08. The van der Waals surface area contributed by atoms with E-state index in [1.54, 1.807) is 6.07 Å². The number of hydrogen-bond acceptors (Lipinski definition) is 4. The predicted octanol–water partition coefficient (Wildman–Crippen LogP) is 2.23. The van der Waals surface area contributed by atoms with Crippen molar-refractivity contribution >= 4 is 11.8 Å². The SMILES string of the molecule is Cc1cc(NC(C(=O)O)C2CCCCC2)ncn1. The number of nitrogens with one attached hydrogen (secondary N) is 1. The minimum atomic E-state index is -0.793. The van der Waals surface area contributed by atoms with E-state index in [4.69, 9.17) is 0 Å². The molecule has 0 spiro atoms. The molecule has 0 aromatic carbocycles. The van der Waals surface area contributed by atoms with Gasteiger partial charge in [-0.3, -0.25) is 0 Å². The fourth-order valence-electron chi connectivity index (χ4n) is 2.54. The number of nitrogens with zero attached hydrogens (tertiary/aromatic N) is 2. The Labute approximate surface area is 107 Å². The molecule has 0 saturated heterocycles. The fourth-order valence-corrected chi connectivity index (χ4v) is 2.54. The number of carboxylic acids is 1. The Hall–Kier alpha value is -1.65. The molecule has 0 bridgehead atoms. The Kier molecular flexibility index (Phi) is 4.12. The average molecular weight is 249 g/mol. The third kappa shape index (κ3) is 3.18. The van der Waals surface area contributed by atoms with Gasteiger partial charge in [-0.1, -0.05) is 19.3 Å². The highest BCUT2D eigenvalue weighted by atomic mass is 16.4. The molecular formula is C13H19N3O2. The molecule has 2 N–H and O–H groups in total. The Bertz CT molecular complexity index is 416. The predicted molar refractivity (Wildman–Crippen MR) is 68.4 cm³/mol. The minimum absolute atomic E-state index is 0.200. The molecule has 1 aromatic rings. The van der Waals surface area contributed by atoms with E-state index < -0.39 is 12.0 Å². The molecule has 0 amide bonds. The summed E-state index contributed by atoms with van der Waals surface area (Å²) in [5.41, 5.74) is 0.834. The highest BCUT2D eigenvalue weighted by Crippen LogP contribution is 2.28.